The standard InChI is InChI=1S/C17H25N3O/c1-12-13(17(21)18-2)6-5-7-14(12)19-15-9-11-20-10-4-3-8-16(15)20/h5-7,15-16,19H,3-4,8-11H2,1-2H3,(H,18,21). The first-order chi connectivity index (χ1) is 10.2. The summed E-state index contributed by atoms with van der Waals surface area (Å²) in [6.07, 6.45) is 5.19. The zero-order chi connectivity index (χ0) is 14.8. The number of rotatable bonds is 3. The predicted octanol–water partition coefficient (Wildman–Crippen LogP) is 2.39. The van der Waals surface area contributed by atoms with Crippen LogP contribution in [0.1, 0.15) is 41.6 Å². The van der Waals surface area contributed by atoms with E-state index in [1.165, 1.54) is 38.8 Å². The third-order valence-electron chi connectivity index (χ3n) is 5.00. The van der Waals surface area contributed by atoms with Gasteiger partial charge in [-0.25, -0.2) is 0 Å². The SMILES string of the molecule is CNC(=O)c1cccc(NC2CCN3CCCCC23)c1C. The number of benzene rings is 1. The van der Waals surface area contributed by atoms with Crippen LogP contribution in [0.3, 0.4) is 0 Å². The maximum absolute atomic E-state index is 11.9. The van der Waals surface area contributed by atoms with Crippen molar-refractivity contribution in [1.82, 2.24) is 10.2 Å². The fourth-order valence-corrected chi connectivity index (χ4v) is 3.79. The van der Waals surface area contributed by atoms with Gasteiger partial charge in [0.05, 0.1) is 0 Å². The van der Waals surface area contributed by atoms with Crippen LogP contribution in [0.5, 0.6) is 0 Å². The van der Waals surface area contributed by atoms with Crippen molar-refractivity contribution < 1.29 is 4.79 Å². The molecule has 0 radical (unpaired) electrons. The summed E-state index contributed by atoms with van der Waals surface area (Å²) in [5.41, 5.74) is 2.92. The number of anilines is 1. The molecule has 0 spiro atoms. The lowest BCUT2D eigenvalue weighted by molar-refractivity contribution is 0.0962. The lowest BCUT2D eigenvalue weighted by Gasteiger charge is -2.33. The number of nitrogens with zero attached hydrogens (tertiary/aromatic N) is 1. The van der Waals surface area contributed by atoms with Gasteiger partial charge < -0.3 is 10.6 Å². The summed E-state index contributed by atoms with van der Waals surface area (Å²) in [6.45, 7) is 4.48. The predicted molar refractivity (Wildman–Crippen MR) is 85.8 cm³/mol. The minimum atomic E-state index is -0.0122. The Kier molecular flexibility index (Phi) is 4.15. The van der Waals surface area contributed by atoms with Crippen LogP contribution in [0.4, 0.5) is 5.69 Å². The summed E-state index contributed by atoms with van der Waals surface area (Å²) < 4.78 is 0. The van der Waals surface area contributed by atoms with Crippen LogP contribution in [-0.4, -0.2) is 43.0 Å². The van der Waals surface area contributed by atoms with E-state index in [9.17, 15) is 4.79 Å². The second-order valence-corrected chi connectivity index (χ2v) is 6.20. The highest BCUT2D eigenvalue weighted by atomic mass is 16.1. The molecule has 21 heavy (non-hydrogen) atoms. The van der Waals surface area contributed by atoms with Crippen LogP contribution < -0.4 is 10.6 Å². The van der Waals surface area contributed by atoms with Crippen LogP contribution in [0.15, 0.2) is 18.2 Å². The van der Waals surface area contributed by atoms with Crippen molar-refractivity contribution in [2.24, 2.45) is 0 Å². The average molecular weight is 287 g/mol. The number of piperidine rings is 1. The van der Waals surface area contributed by atoms with E-state index in [1.54, 1.807) is 7.05 Å². The topological polar surface area (TPSA) is 44.4 Å². The van der Waals surface area contributed by atoms with E-state index in [4.69, 9.17) is 0 Å². The Hall–Kier alpha value is -1.55. The molecule has 2 N–H and O–H groups in total. The first-order valence-corrected chi connectivity index (χ1v) is 8.03. The summed E-state index contributed by atoms with van der Waals surface area (Å²) in [5, 5.41) is 6.42. The van der Waals surface area contributed by atoms with E-state index in [1.807, 2.05) is 19.1 Å². The van der Waals surface area contributed by atoms with Crippen LogP contribution in [-0.2, 0) is 0 Å². The van der Waals surface area contributed by atoms with Gasteiger partial charge in [-0.15, -0.1) is 0 Å². The quantitative estimate of drug-likeness (QED) is 0.897. The molecule has 3 rings (SSSR count). The molecule has 0 aromatic heterocycles. The second kappa shape index (κ2) is 6.06. The molecule has 2 heterocycles. The third-order valence-corrected chi connectivity index (χ3v) is 5.00. The number of carbonyl (C=O) groups is 1. The van der Waals surface area contributed by atoms with Crippen molar-refractivity contribution in [3.8, 4) is 0 Å². The summed E-state index contributed by atoms with van der Waals surface area (Å²) >= 11 is 0. The molecule has 2 atom stereocenters. The molecule has 1 aromatic carbocycles. The Labute approximate surface area is 126 Å². The molecule has 2 aliphatic heterocycles. The monoisotopic (exact) mass is 287 g/mol. The molecule has 1 aromatic rings. The molecule has 2 unspecified atom stereocenters. The lowest BCUT2D eigenvalue weighted by Crippen LogP contribution is -2.41. The third kappa shape index (κ3) is 2.77. The first kappa shape index (κ1) is 14.4. The van der Waals surface area contributed by atoms with Crippen molar-refractivity contribution in [3.63, 3.8) is 0 Å². The number of carbonyl (C=O) groups excluding carboxylic acids is 1. The van der Waals surface area contributed by atoms with Gasteiger partial charge in [-0.2, -0.15) is 0 Å². The van der Waals surface area contributed by atoms with Gasteiger partial charge in [0, 0.05) is 36.9 Å². The first-order valence-electron chi connectivity index (χ1n) is 8.03. The molecule has 4 heteroatoms. The summed E-state index contributed by atoms with van der Waals surface area (Å²) in [5.74, 6) is -0.0122. The molecule has 114 valence electrons. The van der Waals surface area contributed by atoms with Gasteiger partial charge >= 0.3 is 0 Å². The molecule has 2 saturated heterocycles. The van der Waals surface area contributed by atoms with Crippen molar-refractivity contribution >= 4 is 11.6 Å². The van der Waals surface area contributed by atoms with E-state index in [0.29, 0.717) is 12.1 Å². The van der Waals surface area contributed by atoms with Gasteiger partial charge in [-0.3, -0.25) is 9.69 Å². The molecule has 1 amide bonds. The average Bonchev–Trinajstić information content (AvgIpc) is 2.92. The molecular formula is C17H25N3O. The number of amides is 1. The molecule has 2 fully saturated rings. The summed E-state index contributed by atoms with van der Waals surface area (Å²) in [4.78, 5) is 14.5. The Morgan fingerprint density at radius 2 is 2.10 bits per heavy atom. The molecule has 4 nitrogen and oxygen atoms in total. The molecule has 0 saturated carbocycles. The minimum Gasteiger partial charge on any atom is -0.380 e. The highest BCUT2D eigenvalue weighted by Crippen LogP contribution is 2.30. The largest absolute Gasteiger partial charge is 0.380 e. The molecule has 0 aliphatic carbocycles. The highest BCUT2D eigenvalue weighted by Gasteiger charge is 2.35. The van der Waals surface area contributed by atoms with Gasteiger partial charge in [-0.05, 0) is 50.4 Å². The molecule has 2 aliphatic rings. The zero-order valence-corrected chi connectivity index (χ0v) is 13.0. The van der Waals surface area contributed by atoms with Crippen molar-refractivity contribution in [2.45, 2.75) is 44.7 Å². The van der Waals surface area contributed by atoms with Gasteiger partial charge in [-0.1, -0.05) is 12.5 Å². The Bertz CT molecular complexity index is 529. The van der Waals surface area contributed by atoms with E-state index in [-0.39, 0.29) is 5.91 Å². The van der Waals surface area contributed by atoms with Crippen molar-refractivity contribution in [2.75, 3.05) is 25.5 Å². The summed E-state index contributed by atoms with van der Waals surface area (Å²) in [7, 11) is 1.68. The van der Waals surface area contributed by atoms with E-state index < -0.39 is 0 Å². The maximum atomic E-state index is 11.9. The van der Waals surface area contributed by atoms with Crippen LogP contribution >= 0.6 is 0 Å². The normalized spacial score (nSPS) is 25.4. The van der Waals surface area contributed by atoms with E-state index in [2.05, 4.69) is 21.6 Å². The zero-order valence-electron chi connectivity index (χ0n) is 13.0. The van der Waals surface area contributed by atoms with Crippen LogP contribution in [0.2, 0.25) is 0 Å². The Morgan fingerprint density at radius 1 is 1.24 bits per heavy atom. The van der Waals surface area contributed by atoms with Crippen LogP contribution in [0, 0.1) is 6.92 Å². The molecular weight excluding hydrogens is 262 g/mol. The van der Waals surface area contributed by atoms with Gasteiger partial charge in [0.1, 0.15) is 0 Å². The van der Waals surface area contributed by atoms with Crippen LogP contribution in [0.25, 0.3) is 0 Å². The fourth-order valence-electron chi connectivity index (χ4n) is 3.79. The fraction of sp³-hybridized carbons (Fsp3) is 0.588. The van der Waals surface area contributed by atoms with E-state index in [0.717, 1.165) is 16.8 Å². The molecule has 0 bridgehead atoms. The number of fused-ring (bicyclic) bond motifs is 1. The van der Waals surface area contributed by atoms with Gasteiger partial charge in [0.2, 0.25) is 0 Å². The minimum absolute atomic E-state index is 0.0122. The highest BCUT2D eigenvalue weighted by molar-refractivity contribution is 5.96. The van der Waals surface area contributed by atoms with Crippen molar-refractivity contribution in [1.29, 1.82) is 0 Å². The Balaban J connectivity index is 1.77. The maximum Gasteiger partial charge on any atom is 0.251 e. The summed E-state index contributed by atoms with van der Waals surface area (Å²) in [6, 6.07) is 7.13. The second-order valence-electron chi connectivity index (χ2n) is 6.20. The Morgan fingerprint density at radius 3 is 2.90 bits per heavy atom. The number of hydrogen-bond donors (Lipinski definition) is 2. The van der Waals surface area contributed by atoms with E-state index >= 15 is 0 Å². The van der Waals surface area contributed by atoms with Gasteiger partial charge in [0.15, 0.2) is 0 Å². The van der Waals surface area contributed by atoms with Gasteiger partial charge in [0.25, 0.3) is 5.91 Å². The number of hydrogen-bond acceptors (Lipinski definition) is 3. The lowest BCUT2D eigenvalue weighted by atomic mass is 9.98. The smallest absolute Gasteiger partial charge is 0.251 e. The van der Waals surface area contributed by atoms with Crippen molar-refractivity contribution in [3.05, 3.63) is 29.3 Å². The number of nitrogens with one attached hydrogen (secondary N) is 2.